The molecule has 0 radical (unpaired) electrons. The third kappa shape index (κ3) is 5.25. The number of aromatic nitrogens is 3. The van der Waals surface area contributed by atoms with E-state index in [0.29, 0.717) is 42.8 Å². The molecule has 0 atom stereocenters. The second kappa shape index (κ2) is 11.9. The molecule has 37 heavy (non-hydrogen) atoms. The fourth-order valence-corrected chi connectivity index (χ4v) is 5.73. The summed E-state index contributed by atoms with van der Waals surface area (Å²) in [6.45, 7) is 1.84. The Morgan fingerprint density at radius 2 is 1.70 bits per heavy atom. The number of amides is 1. The maximum atomic E-state index is 13.4. The molecule has 1 fully saturated rings. The number of carbonyl (C=O) groups is 1. The predicted molar refractivity (Wildman–Crippen MR) is 149 cm³/mol. The van der Waals surface area contributed by atoms with Crippen molar-refractivity contribution in [3.8, 4) is 22.9 Å². The van der Waals surface area contributed by atoms with Crippen molar-refractivity contribution < 1.29 is 14.3 Å². The molecule has 2 heterocycles. The lowest BCUT2D eigenvalue weighted by Gasteiger charge is -2.44. The van der Waals surface area contributed by atoms with Crippen molar-refractivity contribution >= 4 is 42.3 Å². The highest BCUT2D eigenvalue weighted by Crippen LogP contribution is 2.41. The Kier molecular flexibility index (Phi) is 9.34. The second-order valence-corrected chi connectivity index (χ2v) is 9.73. The van der Waals surface area contributed by atoms with E-state index in [1.54, 1.807) is 14.2 Å². The average molecular weight is 569 g/mol. The maximum absolute atomic E-state index is 13.4. The number of methoxy groups -OCH3 is 2. The smallest absolute Gasteiger partial charge is 0.292 e. The predicted octanol–water partition coefficient (Wildman–Crippen LogP) is 4.75. The SMILES string of the molecule is COc1ccc(-c2nnc3n2CCN([C@H]2CC[C@](CN)(c4cccc(Cl)c4)CC2)C3=O)cc1OC.Cl.Cl. The van der Waals surface area contributed by atoms with Crippen molar-refractivity contribution in [2.45, 2.75) is 43.7 Å². The largest absolute Gasteiger partial charge is 0.493 e. The molecule has 8 nitrogen and oxygen atoms in total. The number of benzene rings is 2. The van der Waals surface area contributed by atoms with Crippen LogP contribution < -0.4 is 15.2 Å². The molecule has 3 aromatic rings. The molecule has 11 heteroatoms. The van der Waals surface area contributed by atoms with Gasteiger partial charge in [0.05, 0.1) is 14.2 Å². The Morgan fingerprint density at radius 1 is 1.00 bits per heavy atom. The molecule has 1 aromatic heterocycles. The van der Waals surface area contributed by atoms with Gasteiger partial charge in [-0.1, -0.05) is 23.7 Å². The molecule has 5 rings (SSSR count). The molecular weight excluding hydrogens is 537 g/mol. The molecular formula is C26H32Cl3N5O3. The lowest BCUT2D eigenvalue weighted by atomic mass is 9.68. The molecule has 1 aliphatic heterocycles. The molecule has 0 unspecified atom stereocenters. The summed E-state index contributed by atoms with van der Waals surface area (Å²) in [7, 11) is 3.19. The zero-order valence-corrected chi connectivity index (χ0v) is 23.2. The van der Waals surface area contributed by atoms with Crippen LogP contribution in [0.2, 0.25) is 5.02 Å². The summed E-state index contributed by atoms with van der Waals surface area (Å²) in [5, 5.41) is 9.36. The molecule has 1 amide bonds. The van der Waals surface area contributed by atoms with Gasteiger partial charge >= 0.3 is 0 Å². The molecule has 2 N–H and O–H groups in total. The number of halogens is 3. The van der Waals surface area contributed by atoms with Gasteiger partial charge in [0, 0.05) is 41.7 Å². The van der Waals surface area contributed by atoms with Crippen molar-refractivity contribution in [3.05, 3.63) is 58.9 Å². The first kappa shape index (κ1) is 29.0. The number of hydrogen-bond acceptors (Lipinski definition) is 6. The highest BCUT2D eigenvalue weighted by atomic mass is 35.5. The fraction of sp³-hybridized carbons (Fsp3) is 0.423. The van der Waals surface area contributed by atoms with Crippen molar-refractivity contribution in [3.63, 3.8) is 0 Å². The van der Waals surface area contributed by atoms with Crippen LogP contribution in [0, 0.1) is 0 Å². The van der Waals surface area contributed by atoms with Crippen LogP contribution in [-0.4, -0.2) is 58.9 Å². The molecule has 1 saturated carbocycles. The molecule has 2 aliphatic rings. The summed E-state index contributed by atoms with van der Waals surface area (Å²) in [5.41, 5.74) is 8.19. The zero-order valence-electron chi connectivity index (χ0n) is 20.9. The topological polar surface area (TPSA) is 95.5 Å². The van der Waals surface area contributed by atoms with Crippen molar-refractivity contribution in [2.24, 2.45) is 5.73 Å². The van der Waals surface area contributed by atoms with Crippen LogP contribution in [0.15, 0.2) is 42.5 Å². The summed E-state index contributed by atoms with van der Waals surface area (Å²) in [5.74, 6) is 2.22. The number of nitrogens with two attached hydrogens (primary N) is 1. The van der Waals surface area contributed by atoms with Gasteiger partial charge < -0.3 is 24.7 Å². The minimum Gasteiger partial charge on any atom is -0.493 e. The average Bonchev–Trinajstić information content (AvgIpc) is 3.34. The number of hydrogen-bond donors (Lipinski definition) is 1. The van der Waals surface area contributed by atoms with E-state index in [0.717, 1.165) is 36.3 Å². The van der Waals surface area contributed by atoms with Gasteiger partial charge in [0.25, 0.3) is 5.91 Å². The Hall–Kier alpha value is -2.52. The zero-order chi connectivity index (χ0) is 24.6. The summed E-state index contributed by atoms with van der Waals surface area (Å²) in [6.07, 6.45) is 3.63. The van der Waals surface area contributed by atoms with Gasteiger partial charge in [-0.3, -0.25) is 4.79 Å². The summed E-state index contributed by atoms with van der Waals surface area (Å²) in [4.78, 5) is 15.4. The Balaban J connectivity index is 0.00000190. The molecule has 1 aliphatic carbocycles. The molecule has 0 spiro atoms. The number of fused-ring (bicyclic) bond motifs is 1. The first-order valence-corrected chi connectivity index (χ1v) is 12.3. The van der Waals surface area contributed by atoms with Gasteiger partial charge in [0.1, 0.15) is 0 Å². The van der Waals surface area contributed by atoms with E-state index < -0.39 is 0 Å². The Morgan fingerprint density at radius 3 is 2.35 bits per heavy atom. The summed E-state index contributed by atoms with van der Waals surface area (Å²) < 4.78 is 12.7. The first-order chi connectivity index (χ1) is 17.0. The highest BCUT2D eigenvalue weighted by molar-refractivity contribution is 6.30. The Bertz CT molecular complexity index is 1240. The third-order valence-corrected chi connectivity index (χ3v) is 7.83. The highest BCUT2D eigenvalue weighted by Gasteiger charge is 2.41. The van der Waals surface area contributed by atoms with Crippen LogP contribution in [0.4, 0.5) is 0 Å². The van der Waals surface area contributed by atoms with E-state index in [1.165, 1.54) is 5.56 Å². The molecule has 200 valence electrons. The minimum atomic E-state index is -0.0964. The third-order valence-electron chi connectivity index (χ3n) is 7.59. The van der Waals surface area contributed by atoms with Gasteiger partial charge in [-0.2, -0.15) is 0 Å². The molecule has 0 saturated heterocycles. The van der Waals surface area contributed by atoms with Crippen molar-refractivity contribution in [2.75, 3.05) is 27.3 Å². The number of rotatable bonds is 6. The lowest BCUT2D eigenvalue weighted by molar-refractivity contribution is 0.0523. The first-order valence-electron chi connectivity index (χ1n) is 11.9. The van der Waals surface area contributed by atoms with Gasteiger partial charge in [-0.25, -0.2) is 0 Å². The second-order valence-electron chi connectivity index (χ2n) is 9.29. The van der Waals surface area contributed by atoms with E-state index in [-0.39, 0.29) is 42.2 Å². The van der Waals surface area contributed by atoms with Gasteiger partial charge in [-0.15, -0.1) is 35.0 Å². The quantitative estimate of drug-likeness (QED) is 0.461. The van der Waals surface area contributed by atoms with Crippen molar-refractivity contribution in [1.82, 2.24) is 19.7 Å². The van der Waals surface area contributed by atoms with Crippen molar-refractivity contribution in [1.29, 1.82) is 0 Å². The summed E-state index contributed by atoms with van der Waals surface area (Å²) in [6, 6.07) is 13.8. The lowest BCUT2D eigenvalue weighted by Crippen LogP contribution is -2.50. The fourth-order valence-electron chi connectivity index (χ4n) is 5.54. The van der Waals surface area contributed by atoms with Gasteiger partial charge in [-0.05, 0) is 61.6 Å². The van der Waals surface area contributed by atoms with Crippen LogP contribution in [0.3, 0.4) is 0 Å². The number of carbonyl (C=O) groups excluding carboxylic acids is 1. The Labute approximate surface area is 234 Å². The minimum absolute atomic E-state index is 0. The molecule has 0 bridgehead atoms. The number of nitrogens with zero attached hydrogens (tertiary/aromatic N) is 4. The van der Waals surface area contributed by atoms with E-state index in [9.17, 15) is 4.79 Å². The van der Waals surface area contributed by atoms with E-state index >= 15 is 0 Å². The maximum Gasteiger partial charge on any atom is 0.292 e. The van der Waals surface area contributed by atoms with E-state index in [2.05, 4.69) is 16.3 Å². The van der Waals surface area contributed by atoms with Crippen LogP contribution >= 0.6 is 36.4 Å². The van der Waals surface area contributed by atoms with Gasteiger partial charge in [0.15, 0.2) is 17.3 Å². The number of ether oxygens (including phenoxy) is 2. The normalized spacial score (nSPS) is 20.9. The standard InChI is InChI=1S/C26H30ClN5O3.2ClH/c1-34-21-7-6-17(14-22(21)35-2)23-29-30-24-25(33)31(12-13-32(23)24)20-8-10-26(16-28,11-9-20)18-4-3-5-19(27)15-18;;/h3-7,14-15,20H,8-13,16,28H2,1-2H3;2*1H/t20-,26-;;. The van der Waals surface area contributed by atoms with Gasteiger partial charge in [0.2, 0.25) is 5.82 Å². The molecule has 2 aromatic carbocycles. The van der Waals surface area contributed by atoms with Crippen LogP contribution in [-0.2, 0) is 12.0 Å². The van der Waals surface area contributed by atoms with E-state index in [1.807, 2.05) is 45.9 Å². The van der Waals surface area contributed by atoms with Crippen LogP contribution in [0.25, 0.3) is 11.4 Å². The van der Waals surface area contributed by atoms with E-state index in [4.69, 9.17) is 26.8 Å². The monoisotopic (exact) mass is 567 g/mol. The van der Waals surface area contributed by atoms with Crippen LogP contribution in [0.5, 0.6) is 11.5 Å². The summed E-state index contributed by atoms with van der Waals surface area (Å²) >= 11 is 6.26. The van der Waals surface area contributed by atoms with Crippen LogP contribution in [0.1, 0.15) is 41.9 Å².